The van der Waals surface area contributed by atoms with E-state index in [1.807, 2.05) is 18.2 Å². The van der Waals surface area contributed by atoms with E-state index >= 15 is 0 Å². The summed E-state index contributed by atoms with van der Waals surface area (Å²) in [5.74, 6) is 2.08. The van der Waals surface area contributed by atoms with E-state index < -0.39 is 0 Å². The Hall–Kier alpha value is -1.03. The van der Waals surface area contributed by atoms with Crippen LogP contribution in [0.3, 0.4) is 0 Å². The molecule has 1 saturated heterocycles. The van der Waals surface area contributed by atoms with E-state index in [0.717, 1.165) is 23.7 Å². The molecule has 3 nitrogen and oxygen atoms in total. The summed E-state index contributed by atoms with van der Waals surface area (Å²) in [5.41, 5.74) is 7.60. The average Bonchev–Trinajstić information content (AvgIpc) is 2.73. The molecule has 0 bridgehead atoms. The first-order chi connectivity index (χ1) is 8.11. The lowest BCUT2D eigenvalue weighted by atomic mass is 10.1. The molecule has 0 saturated carbocycles. The highest BCUT2D eigenvalue weighted by atomic mass is 32.2. The molecule has 0 amide bonds. The van der Waals surface area contributed by atoms with Crippen molar-refractivity contribution in [2.45, 2.75) is 24.5 Å². The third-order valence-electron chi connectivity index (χ3n) is 3.13. The SMILES string of the molecule is COc1cc(N)cc(NCC2(C)CCCS2)c1. The van der Waals surface area contributed by atoms with Crippen LogP contribution < -0.4 is 15.8 Å². The van der Waals surface area contributed by atoms with Crippen molar-refractivity contribution >= 4 is 23.1 Å². The minimum absolute atomic E-state index is 0.359. The van der Waals surface area contributed by atoms with E-state index in [2.05, 4.69) is 24.0 Å². The molecule has 1 aliphatic rings. The number of benzene rings is 1. The highest BCUT2D eigenvalue weighted by Crippen LogP contribution is 2.37. The second-order valence-electron chi connectivity index (χ2n) is 4.75. The van der Waals surface area contributed by atoms with Gasteiger partial charge >= 0.3 is 0 Å². The van der Waals surface area contributed by atoms with E-state index in [4.69, 9.17) is 10.5 Å². The van der Waals surface area contributed by atoms with Crippen LogP contribution in [0.2, 0.25) is 0 Å². The Morgan fingerprint density at radius 1 is 1.47 bits per heavy atom. The summed E-state index contributed by atoms with van der Waals surface area (Å²) in [7, 11) is 1.66. The maximum absolute atomic E-state index is 5.83. The lowest BCUT2D eigenvalue weighted by Gasteiger charge is -2.23. The third kappa shape index (κ3) is 3.22. The predicted octanol–water partition coefficient (Wildman–Crippen LogP) is 2.98. The number of nitrogens with two attached hydrogens (primary N) is 1. The van der Waals surface area contributed by atoms with Gasteiger partial charge in [0.15, 0.2) is 0 Å². The summed E-state index contributed by atoms with van der Waals surface area (Å²) in [5, 5.41) is 3.46. The zero-order valence-corrected chi connectivity index (χ0v) is 11.3. The van der Waals surface area contributed by atoms with Gasteiger partial charge in [-0.2, -0.15) is 11.8 Å². The molecule has 1 atom stereocenters. The van der Waals surface area contributed by atoms with Crippen LogP contribution in [0.25, 0.3) is 0 Å². The van der Waals surface area contributed by atoms with E-state index in [1.54, 1.807) is 7.11 Å². The zero-order valence-electron chi connectivity index (χ0n) is 10.5. The number of rotatable bonds is 4. The smallest absolute Gasteiger partial charge is 0.122 e. The van der Waals surface area contributed by atoms with Gasteiger partial charge in [0.25, 0.3) is 0 Å². The highest BCUT2D eigenvalue weighted by molar-refractivity contribution is 8.00. The van der Waals surface area contributed by atoms with Crippen LogP contribution in [0.15, 0.2) is 18.2 Å². The molecule has 94 valence electrons. The van der Waals surface area contributed by atoms with Gasteiger partial charge < -0.3 is 15.8 Å². The van der Waals surface area contributed by atoms with Crippen LogP contribution >= 0.6 is 11.8 Å². The van der Waals surface area contributed by atoms with E-state index in [0.29, 0.717) is 4.75 Å². The summed E-state index contributed by atoms with van der Waals surface area (Å²) >= 11 is 2.05. The van der Waals surface area contributed by atoms with Crippen LogP contribution in [0, 0.1) is 0 Å². The van der Waals surface area contributed by atoms with Gasteiger partial charge in [0.1, 0.15) is 5.75 Å². The van der Waals surface area contributed by atoms with Gasteiger partial charge in [-0.1, -0.05) is 0 Å². The predicted molar refractivity (Wildman–Crippen MR) is 76.0 cm³/mol. The van der Waals surface area contributed by atoms with Crippen molar-refractivity contribution in [2.75, 3.05) is 30.5 Å². The number of nitrogen functional groups attached to an aromatic ring is 1. The lowest BCUT2D eigenvalue weighted by Crippen LogP contribution is -2.27. The summed E-state index contributed by atoms with van der Waals surface area (Å²) in [6, 6.07) is 5.77. The van der Waals surface area contributed by atoms with Gasteiger partial charge in [-0.15, -0.1) is 0 Å². The maximum atomic E-state index is 5.83. The molecule has 1 aromatic rings. The summed E-state index contributed by atoms with van der Waals surface area (Å²) < 4.78 is 5.57. The number of methoxy groups -OCH3 is 1. The van der Waals surface area contributed by atoms with Crippen molar-refractivity contribution < 1.29 is 4.74 Å². The fraction of sp³-hybridized carbons (Fsp3) is 0.538. The van der Waals surface area contributed by atoms with Gasteiger partial charge in [-0.3, -0.25) is 0 Å². The summed E-state index contributed by atoms with van der Waals surface area (Å²) in [6.45, 7) is 3.30. The quantitative estimate of drug-likeness (QED) is 0.809. The molecule has 1 heterocycles. The normalized spacial score (nSPS) is 23.6. The van der Waals surface area contributed by atoms with Crippen molar-refractivity contribution in [1.29, 1.82) is 0 Å². The summed E-state index contributed by atoms with van der Waals surface area (Å²) in [4.78, 5) is 0. The van der Waals surface area contributed by atoms with Gasteiger partial charge in [0.2, 0.25) is 0 Å². The third-order valence-corrected chi connectivity index (χ3v) is 4.67. The Morgan fingerprint density at radius 2 is 2.29 bits per heavy atom. The standard InChI is InChI=1S/C13H20N2OS/c1-13(4-3-5-17-13)9-15-11-6-10(14)7-12(8-11)16-2/h6-8,15H,3-5,9,14H2,1-2H3. The first-order valence-corrected chi connectivity index (χ1v) is 6.92. The molecule has 1 fully saturated rings. The Kier molecular flexibility index (Phi) is 3.72. The molecule has 17 heavy (non-hydrogen) atoms. The van der Waals surface area contributed by atoms with Gasteiger partial charge in [0.05, 0.1) is 7.11 Å². The molecular weight excluding hydrogens is 232 g/mol. The second-order valence-corrected chi connectivity index (χ2v) is 6.43. The topological polar surface area (TPSA) is 47.3 Å². The molecule has 3 N–H and O–H groups in total. The van der Waals surface area contributed by atoms with Crippen LogP contribution in [0.1, 0.15) is 19.8 Å². The molecule has 4 heteroatoms. The number of anilines is 2. The molecule has 0 aliphatic carbocycles. The van der Waals surface area contributed by atoms with E-state index in [-0.39, 0.29) is 0 Å². The first kappa shape index (κ1) is 12.4. The largest absolute Gasteiger partial charge is 0.497 e. The van der Waals surface area contributed by atoms with Gasteiger partial charge in [0, 0.05) is 34.8 Å². The zero-order chi connectivity index (χ0) is 12.3. The van der Waals surface area contributed by atoms with E-state index in [1.165, 1.54) is 18.6 Å². The van der Waals surface area contributed by atoms with Crippen molar-refractivity contribution in [3.63, 3.8) is 0 Å². The monoisotopic (exact) mass is 252 g/mol. The van der Waals surface area contributed by atoms with Crippen LogP contribution in [-0.4, -0.2) is 24.2 Å². The number of ether oxygens (including phenoxy) is 1. The molecule has 1 unspecified atom stereocenters. The lowest BCUT2D eigenvalue weighted by molar-refractivity contribution is 0.415. The molecule has 1 aliphatic heterocycles. The van der Waals surface area contributed by atoms with E-state index in [9.17, 15) is 0 Å². The number of thioether (sulfide) groups is 1. The Balaban J connectivity index is 2.00. The molecule has 0 radical (unpaired) electrons. The fourth-order valence-corrected chi connectivity index (χ4v) is 3.35. The minimum Gasteiger partial charge on any atom is -0.497 e. The Morgan fingerprint density at radius 3 is 2.94 bits per heavy atom. The van der Waals surface area contributed by atoms with Crippen molar-refractivity contribution in [2.24, 2.45) is 0 Å². The number of hydrogen-bond donors (Lipinski definition) is 2. The van der Waals surface area contributed by atoms with Crippen molar-refractivity contribution in [3.8, 4) is 5.75 Å². The highest BCUT2D eigenvalue weighted by Gasteiger charge is 2.28. The Bertz CT molecular complexity index is 389. The first-order valence-electron chi connectivity index (χ1n) is 5.94. The van der Waals surface area contributed by atoms with Crippen molar-refractivity contribution in [1.82, 2.24) is 0 Å². The van der Waals surface area contributed by atoms with Crippen LogP contribution in [-0.2, 0) is 0 Å². The summed E-state index contributed by atoms with van der Waals surface area (Å²) in [6.07, 6.45) is 2.60. The van der Waals surface area contributed by atoms with Gasteiger partial charge in [-0.25, -0.2) is 0 Å². The van der Waals surface area contributed by atoms with Crippen molar-refractivity contribution in [3.05, 3.63) is 18.2 Å². The molecular formula is C13H20N2OS. The number of nitrogens with one attached hydrogen (secondary N) is 1. The van der Waals surface area contributed by atoms with Crippen LogP contribution in [0.5, 0.6) is 5.75 Å². The minimum atomic E-state index is 0.359. The average molecular weight is 252 g/mol. The maximum Gasteiger partial charge on any atom is 0.122 e. The number of hydrogen-bond acceptors (Lipinski definition) is 4. The molecule has 1 aromatic carbocycles. The second kappa shape index (κ2) is 5.08. The molecule has 0 aromatic heterocycles. The fourth-order valence-electron chi connectivity index (χ4n) is 2.11. The molecule has 2 rings (SSSR count). The Labute approximate surface area is 107 Å². The van der Waals surface area contributed by atoms with Gasteiger partial charge in [-0.05, 0) is 31.6 Å². The molecule has 0 spiro atoms. The van der Waals surface area contributed by atoms with Crippen LogP contribution in [0.4, 0.5) is 11.4 Å².